The lowest BCUT2D eigenvalue weighted by Gasteiger charge is -2.09. The molecule has 0 saturated carbocycles. The van der Waals surface area contributed by atoms with Crippen LogP contribution in [0.25, 0.3) is 11.0 Å². The molecule has 3 nitrogen and oxygen atoms in total. The van der Waals surface area contributed by atoms with Crippen molar-refractivity contribution in [2.45, 2.75) is 26.8 Å². The highest BCUT2D eigenvalue weighted by molar-refractivity contribution is 5.75. The van der Waals surface area contributed by atoms with Gasteiger partial charge in [-0.25, -0.2) is 4.79 Å². The molecular weight excluding hydrogens is 200 g/mol. The van der Waals surface area contributed by atoms with E-state index in [1.807, 2.05) is 35.9 Å². The number of nitrogens with zero attached hydrogens (tertiary/aromatic N) is 2. The third-order valence-corrected chi connectivity index (χ3v) is 3.24. The molecule has 0 saturated heterocycles. The lowest BCUT2D eigenvalue weighted by molar-refractivity contribution is 0.464. The highest BCUT2D eigenvalue weighted by atomic mass is 16.1. The average molecular weight is 218 g/mol. The lowest BCUT2D eigenvalue weighted by Crippen LogP contribution is -2.24. The maximum absolute atomic E-state index is 12.1. The molecule has 1 unspecified atom stereocenters. The van der Waals surface area contributed by atoms with Crippen LogP contribution in [-0.4, -0.2) is 9.13 Å². The molecule has 16 heavy (non-hydrogen) atoms. The van der Waals surface area contributed by atoms with E-state index >= 15 is 0 Å². The zero-order chi connectivity index (χ0) is 11.7. The van der Waals surface area contributed by atoms with Crippen LogP contribution < -0.4 is 5.69 Å². The van der Waals surface area contributed by atoms with Crippen molar-refractivity contribution in [3.05, 3.63) is 34.7 Å². The van der Waals surface area contributed by atoms with Gasteiger partial charge in [0, 0.05) is 13.6 Å². The number of aryl methyl sites for hydroxylation is 1. The minimum atomic E-state index is 0.0847. The summed E-state index contributed by atoms with van der Waals surface area (Å²) in [6.45, 7) is 5.13. The van der Waals surface area contributed by atoms with Gasteiger partial charge in [-0.3, -0.25) is 9.13 Å². The molecule has 1 aromatic carbocycles. The van der Waals surface area contributed by atoms with Crippen molar-refractivity contribution < 1.29 is 0 Å². The topological polar surface area (TPSA) is 26.9 Å². The lowest BCUT2D eigenvalue weighted by atomic mass is 10.1. The molecule has 0 radical (unpaired) electrons. The molecule has 1 heterocycles. The van der Waals surface area contributed by atoms with Crippen LogP contribution in [0.4, 0.5) is 0 Å². The number of hydrogen-bond donors (Lipinski definition) is 0. The van der Waals surface area contributed by atoms with Gasteiger partial charge in [0.15, 0.2) is 0 Å². The monoisotopic (exact) mass is 218 g/mol. The van der Waals surface area contributed by atoms with E-state index in [2.05, 4.69) is 13.8 Å². The molecule has 1 aromatic heterocycles. The number of fused-ring (bicyclic) bond motifs is 1. The van der Waals surface area contributed by atoms with Crippen molar-refractivity contribution in [2.75, 3.05) is 0 Å². The number of hydrogen-bond acceptors (Lipinski definition) is 1. The van der Waals surface area contributed by atoms with Gasteiger partial charge in [0.05, 0.1) is 11.0 Å². The van der Waals surface area contributed by atoms with Crippen LogP contribution in [0, 0.1) is 5.92 Å². The van der Waals surface area contributed by atoms with Crippen LogP contribution in [0.3, 0.4) is 0 Å². The molecule has 1 atom stereocenters. The zero-order valence-corrected chi connectivity index (χ0v) is 10.1. The molecule has 0 N–H and O–H groups in total. The van der Waals surface area contributed by atoms with Crippen molar-refractivity contribution in [1.82, 2.24) is 9.13 Å². The van der Waals surface area contributed by atoms with Gasteiger partial charge in [-0.15, -0.1) is 0 Å². The maximum atomic E-state index is 12.1. The molecule has 2 aromatic rings. The predicted molar refractivity (Wildman–Crippen MR) is 66.6 cm³/mol. The summed E-state index contributed by atoms with van der Waals surface area (Å²) in [6.07, 6.45) is 1.09. The number of rotatable bonds is 3. The standard InChI is InChI=1S/C13H18N2O/c1-4-10(2)9-15-12-8-6-5-7-11(12)14(3)13(15)16/h5-8,10H,4,9H2,1-3H3. The van der Waals surface area contributed by atoms with E-state index in [-0.39, 0.29) is 5.69 Å². The van der Waals surface area contributed by atoms with E-state index in [1.54, 1.807) is 4.57 Å². The van der Waals surface area contributed by atoms with Gasteiger partial charge < -0.3 is 0 Å². The molecule has 0 amide bonds. The predicted octanol–water partition coefficient (Wildman–Crippen LogP) is 2.39. The third-order valence-electron chi connectivity index (χ3n) is 3.24. The first-order chi connectivity index (χ1) is 7.65. The van der Waals surface area contributed by atoms with Gasteiger partial charge in [-0.1, -0.05) is 32.4 Å². The van der Waals surface area contributed by atoms with Crippen molar-refractivity contribution >= 4 is 11.0 Å². The normalized spacial score (nSPS) is 13.2. The van der Waals surface area contributed by atoms with Gasteiger partial charge >= 0.3 is 5.69 Å². The van der Waals surface area contributed by atoms with E-state index in [4.69, 9.17) is 0 Å². The Kier molecular flexibility index (Phi) is 2.86. The molecule has 0 aliphatic rings. The van der Waals surface area contributed by atoms with Gasteiger partial charge in [0.1, 0.15) is 0 Å². The molecule has 86 valence electrons. The summed E-state index contributed by atoms with van der Waals surface area (Å²) >= 11 is 0. The van der Waals surface area contributed by atoms with E-state index < -0.39 is 0 Å². The van der Waals surface area contributed by atoms with Gasteiger partial charge in [0.25, 0.3) is 0 Å². The van der Waals surface area contributed by atoms with E-state index in [1.165, 1.54) is 0 Å². The Balaban J connectivity index is 2.60. The number of benzene rings is 1. The first-order valence-electron chi connectivity index (χ1n) is 5.79. The van der Waals surface area contributed by atoms with E-state index in [0.29, 0.717) is 5.92 Å². The maximum Gasteiger partial charge on any atom is 0.328 e. The highest BCUT2D eigenvalue weighted by Gasteiger charge is 2.11. The second kappa shape index (κ2) is 4.16. The minimum absolute atomic E-state index is 0.0847. The SMILES string of the molecule is CCC(C)Cn1c(=O)n(C)c2ccccc21. The summed E-state index contributed by atoms with van der Waals surface area (Å²) in [6, 6.07) is 7.95. The van der Waals surface area contributed by atoms with Crippen molar-refractivity contribution in [3.63, 3.8) is 0 Å². The molecule has 3 heteroatoms. The highest BCUT2D eigenvalue weighted by Crippen LogP contribution is 2.14. The summed E-state index contributed by atoms with van der Waals surface area (Å²) in [7, 11) is 1.83. The fraction of sp³-hybridized carbons (Fsp3) is 0.462. The molecular formula is C13H18N2O. The van der Waals surface area contributed by atoms with Gasteiger partial charge in [-0.05, 0) is 18.1 Å². The van der Waals surface area contributed by atoms with Crippen molar-refractivity contribution in [1.29, 1.82) is 0 Å². The summed E-state index contributed by atoms with van der Waals surface area (Å²) < 4.78 is 3.60. The largest absolute Gasteiger partial charge is 0.328 e. The van der Waals surface area contributed by atoms with E-state index in [9.17, 15) is 4.79 Å². The summed E-state index contributed by atoms with van der Waals surface area (Å²) in [5, 5.41) is 0. The Morgan fingerprint density at radius 1 is 1.25 bits per heavy atom. The second-order valence-electron chi connectivity index (χ2n) is 4.45. The number of imidazole rings is 1. The molecule has 0 aliphatic heterocycles. The molecule has 0 aliphatic carbocycles. The Bertz CT molecular complexity index is 551. The Labute approximate surface area is 95.3 Å². The Morgan fingerprint density at radius 3 is 2.50 bits per heavy atom. The molecule has 0 bridgehead atoms. The second-order valence-corrected chi connectivity index (χ2v) is 4.45. The molecule has 0 fully saturated rings. The van der Waals surface area contributed by atoms with Gasteiger partial charge in [-0.2, -0.15) is 0 Å². The fourth-order valence-corrected chi connectivity index (χ4v) is 1.98. The zero-order valence-electron chi connectivity index (χ0n) is 10.1. The summed E-state index contributed by atoms with van der Waals surface area (Å²) in [5.41, 5.74) is 2.13. The Morgan fingerprint density at radius 2 is 1.88 bits per heavy atom. The van der Waals surface area contributed by atoms with Crippen LogP contribution in [0.5, 0.6) is 0 Å². The van der Waals surface area contributed by atoms with Crippen molar-refractivity contribution in [2.24, 2.45) is 13.0 Å². The third kappa shape index (κ3) is 1.66. The van der Waals surface area contributed by atoms with Gasteiger partial charge in [0.2, 0.25) is 0 Å². The summed E-state index contributed by atoms with van der Waals surface area (Å²) in [4.78, 5) is 12.1. The Hall–Kier alpha value is -1.51. The fourth-order valence-electron chi connectivity index (χ4n) is 1.98. The first-order valence-corrected chi connectivity index (χ1v) is 5.79. The molecule has 0 spiro atoms. The van der Waals surface area contributed by atoms with E-state index in [0.717, 1.165) is 24.0 Å². The number of aromatic nitrogens is 2. The number of para-hydroxylation sites is 2. The van der Waals surface area contributed by atoms with Crippen LogP contribution in [0.2, 0.25) is 0 Å². The van der Waals surface area contributed by atoms with Crippen LogP contribution in [0.15, 0.2) is 29.1 Å². The van der Waals surface area contributed by atoms with Crippen molar-refractivity contribution in [3.8, 4) is 0 Å². The van der Waals surface area contributed by atoms with Crippen LogP contribution in [0.1, 0.15) is 20.3 Å². The first kappa shape index (κ1) is 11.0. The smallest absolute Gasteiger partial charge is 0.295 e. The molecule has 2 rings (SSSR count). The minimum Gasteiger partial charge on any atom is -0.295 e. The van der Waals surface area contributed by atoms with Crippen LogP contribution in [-0.2, 0) is 13.6 Å². The van der Waals surface area contributed by atoms with Crippen LogP contribution >= 0.6 is 0 Å². The quantitative estimate of drug-likeness (QED) is 0.777. The average Bonchev–Trinajstić information content (AvgIpc) is 2.55. The summed E-state index contributed by atoms with van der Waals surface area (Å²) in [5.74, 6) is 0.531.